The van der Waals surface area contributed by atoms with Crippen molar-refractivity contribution in [2.45, 2.75) is 19.3 Å². The Morgan fingerprint density at radius 1 is 1.33 bits per heavy atom. The molecular formula is C16H16N2O3. The number of anilines is 1. The Balaban J connectivity index is 1.72. The first kappa shape index (κ1) is 14.8. The van der Waals surface area contributed by atoms with E-state index in [0.29, 0.717) is 17.7 Å². The Morgan fingerprint density at radius 3 is 2.71 bits per heavy atom. The zero-order valence-electron chi connectivity index (χ0n) is 11.5. The molecule has 1 atom stereocenters. The Kier molecular flexibility index (Phi) is 5.10. The van der Waals surface area contributed by atoms with Crippen LogP contribution in [0, 0.1) is 17.2 Å². The molecule has 1 aliphatic carbocycles. The van der Waals surface area contributed by atoms with E-state index in [2.05, 4.69) is 11.4 Å². The first-order chi connectivity index (χ1) is 10.2. The Morgan fingerprint density at radius 2 is 2.10 bits per heavy atom. The lowest BCUT2D eigenvalue weighted by molar-refractivity contribution is -0.147. The van der Waals surface area contributed by atoms with Crippen molar-refractivity contribution in [3.05, 3.63) is 42.0 Å². The summed E-state index contributed by atoms with van der Waals surface area (Å²) in [5.74, 6) is -0.518. The fourth-order valence-corrected chi connectivity index (χ4v) is 2.11. The first-order valence-corrected chi connectivity index (χ1v) is 6.79. The van der Waals surface area contributed by atoms with Crippen LogP contribution in [-0.4, -0.2) is 18.5 Å². The number of nitriles is 1. The average Bonchev–Trinajstić information content (AvgIpc) is 2.99. The van der Waals surface area contributed by atoms with Crippen molar-refractivity contribution in [2.24, 2.45) is 5.92 Å². The zero-order chi connectivity index (χ0) is 15.1. The summed E-state index contributed by atoms with van der Waals surface area (Å²) in [7, 11) is 0. The maximum atomic E-state index is 11.6. The van der Waals surface area contributed by atoms with Crippen molar-refractivity contribution in [2.75, 3.05) is 11.9 Å². The standard InChI is InChI=1S/C16H16N2O3/c17-10-13-5-7-14(8-6-13)18-15(19)11-21-16(20)9-12-3-1-2-4-12/h1,3,5-8,12H,2,4,9,11H2,(H,18,19)/t12-/m1/s1. The van der Waals surface area contributed by atoms with Gasteiger partial charge in [-0.05, 0) is 43.0 Å². The van der Waals surface area contributed by atoms with Crippen LogP contribution in [0.25, 0.3) is 0 Å². The van der Waals surface area contributed by atoms with Crippen molar-refractivity contribution < 1.29 is 14.3 Å². The van der Waals surface area contributed by atoms with E-state index in [1.165, 1.54) is 0 Å². The quantitative estimate of drug-likeness (QED) is 0.665. The molecule has 0 aliphatic heterocycles. The molecule has 0 radical (unpaired) electrons. The Labute approximate surface area is 123 Å². The van der Waals surface area contributed by atoms with E-state index in [4.69, 9.17) is 10.00 Å². The number of ether oxygens (including phenoxy) is 1. The normalized spacial score (nSPS) is 16.2. The van der Waals surface area contributed by atoms with E-state index in [1.54, 1.807) is 24.3 Å². The third-order valence-electron chi connectivity index (χ3n) is 3.20. The van der Waals surface area contributed by atoms with Crippen molar-refractivity contribution >= 4 is 17.6 Å². The van der Waals surface area contributed by atoms with E-state index in [0.717, 1.165) is 12.8 Å². The molecule has 0 heterocycles. The summed E-state index contributed by atoms with van der Waals surface area (Å²) in [6, 6.07) is 8.46. The van der Waals surface area contributed by atoms with Gasteiger partial charge in [0, 0.05) is 5.69 Å². The van der Waals surface area contributed by atoms with Crippen LogP contribution in [0.4, 0.5) is 5.69 Å². The third-order valence-corrected chi connectivity index (χ3v) is 3.20. The van der Waals surface area contributed by atoms with E-state index >= 15 is 0 Å². The molecule has 108 valence electrons. The topological polar surface area (TPSA) is 79.2 Å². The van der Waals surface area contributed by atoms with Crippen LogP contribution in [0.3, 0.4) is 0 Å². The molecule has 0 saturated carbocycles. The fourth-order valence-electron chi connectivity index (χ4n) is 2.11. The number of allylic oxidation sites excluding steroid dienone is 2. The highest BCUT2D eigenvalue weighted by Gasteiger charge is 2.15. The summed E-state index contributed by atoms with van der Waals surface area (Å²) in [4.78, 5) is 23.2. The molecule has 2 rings (SSSR count). The van der Waals surface area contributed by atoms with Gasteiger partial charge in [-0.2, -0.15) is 5.26 Å². The number of carbonyl (C=O) groups is 2. The van der Waals surface area contributed by atoms with Gasteiger partial charge in [-0.3, -0.25) is 9.59 Å². The molecule has 1 amide bonds. The largest absolute Gasteiger partial charge is 0.456 e. The highest BCUT2D eigenvalue weighted by atomic mass is 16.5. The van der Waals surface area contributed by atoms with Crippen molar-refractivity contribution in [1.29, 1.82) is 5.26 Å². The van der Waals surface area contributed by atoms with Crippen LogP contribution >= 0.6 is 0 Å². The number of hydrogen-bond acceptors (Lipinski definition) is 4. The lowest BCUT2D eigenvalue weighted by Crippen LogP contribution is -2.21. The van der Waals surface area contributed by atoms with Gasteiger partial charge in [0.1, 0.15) is 0 Å². The summed E-state index contributed by atoms with van der Waals surface area (Å²) in [6.07, 6.45) is 6.35. The van der Waals surface area contributed by atoms with Crippen LogP contribution in [0.1, 0.15) is 24.8 Å². The number of nitrogens with one attached hydrogen (secondary N) is 1. The predicted octanol–water partition coefficient (Wildman–Crippen LogP) is 2.40. The second-order valence-electron chi connectivity index (χ2n) is 4.87. The van der Waals surface area contributed by atoms with Gasteiger partial charge in [-0.25, -0.2) is 0 Å². The maximum absolute atomic E-state index is 11.6. The molecule has 0 fully saturated rings. The van der Waals surface area contributed by atoms with Crippen molar-refractivity contribution in [3.63, 3.8) is 0 Å². The lowest BCUT2D eigenvalue weighted by atomic mass is 10.1. The number of esters is 1. The summed E-state index contributed by atoms with van der Waals surface area (Å²) in [6.45, 7) is -0.296. The molecule has 5 heteroatoms. The molecule has 0 saturated heterocycles. The molecule has 0 aromatic heterocycles. The van der Waals surface area contributed by atoms with E-state index in [1.807, 2.05) is 12.1 Å². The Hall–Kier alpha value is -2.61. The fraction of sp³-hybridized carbons (Fsp3) is 0.312. The number of rotatable bonds is 5. The van der Waals surface area contributed by atoms with Crippen LogP contribution in [0.15, 0.2) is 36.4 Å². The van der Waals surface area contributed by atoms with Crippen molar-refractivity contribution in [1.82, 2.24) is 0 Å². The minimum Gasteiger partial charge on any atom is -0.456 e. The van der Waals surface area contributed by atoms with Gasteiger partial charge in [0.2, 0.25) is 0 Å². The molecule has 0 spiro atoms. The maximum Gasteiger partial charge on any atom is 0.306 e. The van der Waals surface area contributed by atoms with Crippen LogP contribution < -0.4 is 5.32 Å². The summed E-state index contributed by atoms with van der Waals surface area (Å²) >= 11 is 0. The molecule has 21 heavy (non-hydrogen) atoms. The number of amides is 1. The van der Waals surface area contributed by atoms with Crippen LogP contribution in [-0.2, 0) is 14.3 Å². The van der Waals surface area contributed by atoms with Gasteiger partial charge in [-0.1, -0.05) is 12.2 Å². The molecule has 1 aromatic carbocycles. The second kappa shape index (κ2) is 7.25. The number of carbonyl (C=O) groups excluding carboxylic acids is 2. The van der Waals surface area contributed by atoms with Gasteiger partial charge in [0.25, 0.3) is 5.91 Å². The summed E-state index contributed by atoms with van der Waals surface area (Å²) in [5.41, 5.74) is 1.08. The van der Waals surface area contributed by atoms with E-state index in [9.17, 15) is 9.59 Å². The number of nitrogens with zero attached hydrogens (tertiary/aromatic N) is 1. The first-order valence-electron chi connectivity index (χ1n) is 6.79. The molecule has 0 bridgehead atoms. The highest BCUT2D eigenvalue weighted by molar-refractivity contribution is 5.92. The number of benzene rings is 1. The third kappa shape index (κ3) is 4.77. The monoisotopic (exact) mass is 284 g/mol. The zero-order valence-corrected chi connectivity index (χ0v) is 11.5. The van der Waals surface area contributed by atoms with Gasteiger partial charge in [0.05, 0.1) is 18.1 Å². The highest BCUT2D eigenvalue weighted by Crippen LogP contribution is 2.20. The van der Waals surface area contributed by atoms with E-state index < -0.39 is 5.91 Å². The van der Waals surface area contributed by atoms with Gasteiger partial charge >= 0.3 is 5.97 Å². The van der Waals surface area contributed by atoms with Crippen LogP contribution in [0.2, 0.25) is 0 Å². The number of hydrogen-bond donors (Lipinski definition) is 1. The Bertz CT molecular complexity index is 585. The average molecular weight is 284 g/mol. The van der Waals surface area contributed by atoms with E-state index in [-0.39, 0.29) is 18.5 Å². The predicted molar refractivity (Wildman–Crippen MR) is 77.2 cm³/mol. The second-order valence-corrected chi connectivity index (χ2v) is 4.87. The smallest absolute Gasteiger partial charge is 0.306 e. The lowest BCUT2D eigenvalue weighted by Gasteiger charge is -2.08. The molecule has 0 unspecified atom stereocenters. The van der Waals surface area contributed by atoms with Crippen molar-refractivity contribution in [3.8, 4) is 6.07 Å². The minimum absolute atomic E-state index is 0.235. The molecule has 1 N–H and O–H groups in total. The molecule has 5 nitrogen and oxygen atoms in total. The molecule has 1 aromatic rings. The van der Waals surface area contributed by atoms with Gasteiger partial charge in [-0.15, -0.1) is 0 Å². The molecule has 1 aliphatic rings. The minimum atomic E-state index is -0.393. The van der Waals surface area contributed by atoms with Crippen LogP contribution in [0.5, 0.6) is 0 Å². The summed E-state index contributed by atoms with van der Waals surface area (Å²) in [5, 5.41) is 11.3. The SMILES string of the molecule is N#Cc1ccc(NC(=O)COC(=O)C[C@@H]2C=CCC2)cc1. The molecular weight excluding hydrogens is 268 g/mol. The van der Waals surface area contributed by atoms with Gasteiger partial charge < -0.3 is 10.1 Å². The summed E-state index contributed by atoms with van der Waals surface area (Å²) < 4.78 is 4.95. The van der Waals surface area contributed by atoms with Gasteiger partial charge in [0.15, 0.2) is 6.61 Å².